The molecule has 0 spiro atoms. The highest BCUT2D eigenvalue weighted by molar-refractivity contribution is 7.27. The van der Waals surface area contributed by atoms with E-state index in [4.69, 9.17) is 15.0 Å². The van der Waals surface area contributed by atoms with E-state index in [2.05, 4.69) is 440 Å². The third-order valence-corrected chi connectivity index (χ3v) is 30.5. The molecule has 0 aliphatic carbocycles. The van der Waals surface area contributed by atoms with E-state index in [0.717, 1.165) is 50.3 Å². The maximum atomic E-state index is 5.64. The molecule has 0 fully saturated rings. The Morgan fingerprint density at radius 1 is 0.200 bits per heavy atom. The Labute approximate surface area is 769 Å². The zero-order valence-corrected chi connectivity index (χ0v) is 77.2. The van der Waals surface area contributed by atoms with Crippen LogP contribution in [0.15, 0.2) is 364 Å². The Balaban J connectivity index is 0.000000111. The van der Waals surface area contributed by atoms with Crippen molar-refractivity contribution in [2.75, 3.05) is 0 Å². The molecule has 6 aromatic heterocycles. The number of aryl methyl sites for hydroxylation is 5. The molecule has 0 unspecified atom stereocenters. The molecule has 622 valence electrons. The first kappa shape index (κ1) is 80.2. The molecule has 130 heavy (non-hydrogen) atoms. The van der Waals surface area contributed by atoms with Gasteiger partial charge in [0.1, 0.15) is 0 Å². The maximum Gasteiger partial charge on any atom is 0.0794 e. The minimum absolute atomic E-state index is 0.0596. The van der Waals surface area contributed by atoms with E-state index in [1.54, 1.807) is 0 Å². The van der Waals surface area contributed by atoms with Gasteiger partial charge < -0.3 is 0 Å². The average Bonchev–Trinajstić information content (AvgIpc) is 0.827. The summed E-state index contributed by atoms with van der Waals surface area (Å²) in [5.41, 5.74) is 28.7. The van der Waals surface area contributed by atoms with Crippen LogP contribution in [0.5, 0.6) is 0 Å². The van der Waals surface area contributed by atoms with Gasteiger partial charge in [0.25, 0.3) is 0 Å². The van der Waals surface area contributed by atoms with Crippen LogP contribution in [0.25, 0.3) is 236 Å². The van der Waals surface area contributed by atoms with E-state index in [9.17, 15) is 0 Å². The lowest BCUT2D eigenvalue weighted by Crippen LogP contribution is -2.11. The van der Waals surface area contributed by atoms with Gasteiger partial charge in [0.2, 0.25) is 0 Å². The first-order chi connectivity index (χ1) is 63.2. The number of pyridine rings is 3. The average molecular weight is 1720 g/mol. The number of hydrogen-bond acceptors (Lipinski definition) is 6. The minimum Gasteiger partial charge on any atom is -0.247 e. The van der Waals surface area contributed by atoms with Gasteiger partial charge in [0.15, 0.2) is 0 Å². The molecule has 0 N–H and O–H groups in total. The predicted octanol–water partition coefficient (Wildman–Crippen LogP) is 36.5. The van der Waals surface area contributed by atoms with Gasteiger partial charge in [-0.2, -0.15) is 0 Å². The van der Waals surface area contributed by atoms with Crippen LogP contribution in [0.1, 0.15) is 80.5 Å². The molecule has 25 rings (SSSR count). The number of aromatic nitrogens is 3. The molecular weight excluding hydrogens is 1630 g/mol. The van der Waals surface area contributed by atoms with E-state index in [1.165, 1.54) is 225 Å². The number of benzene rings is 19. The summed E-state index contributed by atoms with van der Waals surface area (Å²) in [6.07, 6.45) is 0. The number of hydrogen-bond donors (Lipinski definition) is 0. The molecule has 6 heterocycles. The summed E-state index contributed by atoms with van der Waals surface area (Å²) in [4.78, 5) is 16.4. The molecule has 0 saturated carbocycles. The van der Waals surface area contributed by atoms with Crippen LogP contribution < -0.4 is 0 Å². The summed E-state index contributed by atoms with van der Waals surface area (Å²) in [5.74, 6) is 0. The Bertz CT molecular complexity index is 9010. The molecule has 0 aliphatic rings. The SMILES string of the molecule is CC(C)(C)c1ccc2c(c1)c1cc(C(C)(C)C)ccc1c1nc(-c3cccc(-c4cccc5c4sc4ccccc45)c3)ccc21.Cc1cc(C)c(-c2cc3c4ccccc4c4ccccc4c3nc2-c2cccc(-c3cccc4c3sc3ccccc34)c2)c(C)c1.Cc1ccc2c(c1)c1cc(C)ccc1c1nc(-c3cccc(-c4cccc5c4sc4ccccc45)c3)ccc21. The van der Waals surface area contributed by atoms with Gasteiger partial charge in [-0.1, -0.05) is 343 Å². The second-order valence-electron chi connectivity index (χ2n) is 37.5. The molecule has 3 nitrogen and oxygen atoms in total. The highest BCUT2D eigenvalue weighted by atomic mass is 32.1. The van der Waals surface area contributed by atoms with Gasteiger partial charge in [0.05, 0.1) is 33.6 Å². The van der Waals surface area contributed by atoms with Gasteiger partial charge in [-0.15, -0.1) is 34.0 Å². The Kier molecular flexibility index (Phi) is 19.5. The van der Waals surface area contributed by atoms with E-state index >= 15 is 0 Å². The molecular formula is C124H93N3S3. The van der Waals surface area contributed by atoms with Gasteiger partial charge in [-0.3, -0.25) is 0 Å². The number of nitrogens with zero attached hydrogens (tertiary/aromatic N) is 3. The van der Waals surface area contributed by atoms with Crippen molar-refractivity contribution in [3.05, 3.63) is 403 Å². The lowest BCUT2D eigenvalue weighted by atomic mass is 9.82. The number of rotatable bonds is 7. The van der Waals surface area contributed by atoms with Crippen molar-refractivity contribution in [3.63, 3.8) is 0 Å². The van der Waals surface area contributed by atoms with Crippen LogP contribution in [-0.4, -0.2) is 15.0 Å². The second kappa shape index (κ2) is 31.5. The normalized spacial score (nSPS) is 12.1. The lowest BCUT2D eigenvalue weighted by Gasteiger charge is -2.22. The second-order valence-corrected chi connectivity index (χ2v) is 40.7. The topological polar surface area (TPSA) is 38.7 Å². The summed E-state index contributed by atoms with van der Waals surface area (Å²) >= 11 is 5.63. The smallest absolute Gasteiger partial charge is 0.0794 e. The quantitative estimate of drug-likeness (QED) is 0.149. The summed E-state index contributed by atoms with van der Waals surface area (Å²) < 4.78 is 7.99. The van der Waals surface area contributed by atoms with Gasteiger partial charge in [0, 0.05) is 115 Å². The molecule has 19 aromatic carbocycles. The van der Waals surface area contributed by atoms with Crippen molar-refractivity contribution in [1.29, 1.82) is 0 Å². The summed E-state index contributed by atoms with van der Waals surface area (Å²) in [5, 5.41) is 26.6. The molecule has 25 aromatic rings. The Hall–Kier alpha value is -14.4. The van der Waals surface area contributed by atoms with Crippen molar-refractivity contribution in [3.8, 4) is 78.3 Å². The molecule has 0 bridgehead atoms. The molecule has 0 radical (unpaired) electrons. The van der Waals surface area contributed by atoms with Crippen LogP contribution in [0, 0.1) is 34.6 Å². The van der Waals surface area contributed by atoms with Crippen molar-refractivity contribution in [1.82, 2.24) is 15.0 Å². The van der Waals surface area contributed by atoms with Crippen molar-refractivity contribution in [2.24, 2.45) is 0 Å². The predicted molar refractivity (Wildman–Crippen MR) is 568 cm³/mol. The van der Waals surface area contributed by atoms with Crippen LogP contribution in [0.2, 0.25) is 0 Å². The monoisotopic (exact) mass is 1720 g/mol. The van der Waals surface area contributed by atoms with Crippen LogP contribution in [0.4, 0.5) is 0 Å². The van der Waals surface area contributed by atoms with E-state index in [-0.39, 0.29) is 10.8 Å². The van der Waals surface area contributed by atoms with Crippen molar-refractivity contribution < 1.29 is 0 Å². The van der Waals surface area contributed by atoms with Gasteiger partial charge >= 0.3 is 0 Å². The van der Waals surface area contributed by atoms with Crippen LogP contribution in [-0.2, 0) is 10.8 Å². The molecule has 6 heteroatoms. The summed E-state index contributed by atoms with van der Waals surface area (Å²) in [6, 6.07) is 134. The van der Waals surface area contributed by atoms with Crippen molar-refractivity contribution in [2.45, 2.75) is 87.0 Å². The van der Waals surface area contributed by atoms with Crippen LogP contribution in [0.3, 0.4) is 0 Å². The highest BCUT2D eigenvalue weighted by Crippen LogP contribution is 2.49. The van der Waals surface area contributed by atoms with E-state index in [0.29, 0.717) is 0 Å². The van der Waals surface area contributed by atoms with Crippen molar-refractivity contribution >= 4 is 192 Å². The fraction of sp³-hybridized carbons (Fsp3) is 0.105. The Morgan fingerprint density at radius 3 is 0.969 bits per heavy atom. The van der Waals surface area contributed by atoms with Crippen LogP contribution >= 0.6 is 34.0 Å². The van der Waals surface area contributed by atoms with E-state index < -0.39 is 0 Å². The maximum absolute atomic E-state index is 5.64. The third-order valence-electron chi connectivity index (χ3n) is 26.8. The summed E-state index contributed by atoms with van der Waals surface area (Å²) in [7, 11) is 0. The van der Waals surface area contributed by atoms with Gasteiger partial charge in [-0.25, -0.2) is 15.0 Å². The first-order valence-electron chi connectivity index (χ1n) is 45.2. The minimum atomic E-state index is 0.0596. The molecule has 0 atom stereocenters. The first-order valence-corrected chi connectivity index (χ1v) is 47.6. The molecule has 0 saturated heterocycles. The number of thiophene rings is 3. The highest BCUT2D eigenvalue weighted by Gasteiger charge is 2.25. The number of fused-ring (bicyclic) bond motifs is 27. The zero-order chi connectivity index (χ0) is 88.1. The lowest BCUT2D eigenvalue weighted by molar-refractivity contribution is 0.590. The standard InChI is InChI=1S/C44H31NS.C43H37NS.C37H25NS/c1-26-22-27(2)41(28(3)23-26)39-25-38-34-16-5-4-14-32(34)33-15-6-7-18-36(33)43(38)45-42(39)30-13-10-12-29(24-30)31-19-11-20-37-35-17-8-9-21-40(35)46-44(31)37;1-42(2,3)28-17-19-31-33-21-22-38(44-40(33)34-20-18-29(43(4,5)6)25-37(34)36(31)24-28)27-12-9-11-26(23-27)30-14-10-15-35-32-13-7-8-16-39(32)45-41(30)35;1-22-13-15-27-29-17-18-34(38-36(29)30-16-14-23(2)20-33(30)32(27)19-22)25-8-5-7-24(21-25)26-10-6-11-31-28-9-3-4-12-35(28)39-37(26)31/h4-25H,1-3H3;7-25H,1-6H3;3-21H,1-2H3. The molecule has 0 aliphatic heterocycles. The van der Waals surface area contributed by atoms with Gasteiger partial charge in [-0.05, 0) is 234 Å². The third kappa shape index (κ3) is 13.8. The van der Waals surface area contributed by atoms with E-state index in [1.807, 2.05) is 34.0 Å². The zero-order valence-electron chi connectivity index (χ0n) is 74.7. The largest absolute Gasteiger partial charge is 0.247 e. The Morgan fingerprint density at radius 2 is 0.508 bits per heavy atom. The fourth-order valence-electron chi connectivity index (χ4n) is 20.5. The summed E-state index contributed by atoms with van der Waals surface area (Å²) in [6.45, 7) is 24.7. The fourth-order valence-corrected chi connectivity index (χ4v) is 24.2. The molecule has 0 amide bonds.